The summed E-state index contributed by atoms with van der Waals surface area (Å²) < 4.78 is 10.2. The molecule has 0 fully saturated rings. The Morgan fingerprint density at radius 1 is 1.00 bits per heavy atom. The van der Waals surface area contributed by atoms with Gasteiger partial charge in [0.05, 0.1) is 12.2 Å². The van der Waals surface area contributed by atoms with Crippen molar-refractivity contribution < 1.29 is 23.9 Å². The zero-order valence-corrected chi connectivity index (χ0v) is 17.0. The molecule has 2 rings (SSSR count). The summed E-state index contributed by atoms with van der Waals surface area (Å²) in [5, 5.41) is 0. The standard InChI is InChI=1S/C22H27NO5/c1-6-13(3)16-8-10-17(11-9-16)18(24)12-28-21(25)19-14(4)20(23-15(19)5)22(26)27-7-2/h8-11,13,23H,6-7,12H2,1-5H3/t13-/m0/s1. The van der Waals surface area contributed by atoms with Crippen LogP contribution in [0.4, 0.5) is 0 Å². The molecule has 1 heterocycles. The fraction of sp³-hybridized carbons (Fsp3) is 0.409. The highest BCUT2D eigenvalue weighted by Gasteiger charge is 2.24. The van der Waals surface area contributed by atoms with Gasteiger partial charge < -0.3 is 14.5 Å². The molecule has 0 aliphatic rings. The van der Waals surface area contributed by atoms with E-state index < -0.39 is 11.9 Å². The Morgan fingerprint density at radius 3 is 2.21 bits per heavy atom. The zero-order chi connectivity index (χ0) is 20.8. The molecule has 0 spiro atoms. The van der Waals surface area contributed by atoms with Gasteiger partial charge in [-0.3, -0.25) is 4.79 Å². The van der Waals surface area contributed by atoms with Crippen LogP contribution in [0.1, 0.15) is 81.1 Å². The first-order valence-electron chi connectivity index (χ1n) is 9.46. The number of benzene rings is 1. The quantitative estimate of drug-likeness (QED) is 0.539. The number of hydrogen-bond acceptors (Lipinski definition) is 5. The lowest BCUT2D eigenvalue weighted by Gasteiger charge is -2.10. The smallest absolute Gasteiger partial charge is 0.355 e. The SMILES string of the molecule is CCOC(=O)c1[nH]c(C)c(C(=O)OCC(=O)c2ccc([C@@H](C)CC)cc2)c1C. The summed E-state index contributed by atoms with van der Waals surface area (Å²) in [7, 11) is 0. The Bertz CT molecular complexity index is 864. The van der Waals surface area contributed by atoms with Crippen LogP contribution in [0.25, 0.3) is 0 Å². The van der Waals surface area contributed by atoms with E-state index in [0.29, 0.717) is 22.7 Å². The van der Waals surface area contributed by atoms with Gasteiger partial charge in [0.15, 0.2) is 12.4 Å². The number of ketones is 1. The number of hydrogen-bond donors (Lipinski definition) is 1. The van der Waals surface area contributed by atoms with Crippen LogP contribution in [0.3, 0.4) is 0 Å². The Hall–Kier alpha value is -2.89. The second-order valence-corrected chi connectivity index (χ2v) is 6.78. The molecule has 0 radical (unpaired) electrons. The summed E-state index contributed by atoms with van der Waals surface area (Å²) >= 11 is 0. The molecule has 28 heavy (non-hydrogen) atoms. The number of aromatic amines is 1. The highest BCUT2D eigenvalue weighted by Crippen LogP contribution is 2.21. The topological polar surface area (TPSA) is 85.5 Å². The molecule has 0 bridgehead atoms. The maximum atomic E-state index is 12.5. The molecular formula is C22H27NO5. The van der Waals surface area contributed by atoms with Crippen LogP contribution in [-0.4, -0.2) is 35.9 Å². The minimum atomic E-state index is -0.647. The molecule has 150 valence electrons. The van der Waals surface area contributed by atoms with Crippen LogP contribution >= 0.6 is 0 Å². The molecule has 0 amide bonds. The fourth-order valence-electron chi connectivity index (χ4n) is 2.98. The summed E-state index contributed by atoms with van der Waals surface area (Å²) in [5.41, 5.74) is 3.08. The first-order chi connectivity index (χ1) is 13.3. The third-order valence-corrected chi connectivity index (χ3v) is 4.87. The van der Waals surface area contributed by atoms with Gasteiger partial charge in [0.25, 0.3) is 0 Å². The Balaban J connectivity index is 2.06. The summed E-state index contributed by atoms with van der Waals surface area (Å²) in [5.74, 6) is -1.03. The average Bonchev–Trinajstić information content (AvgIpc) is 2.99. The van der Waals surface area contributed by atoms with Crippen LogP contribution in [0.2, 0.25) is 0 Å². The number of H-pyrrole nitrogens is 1. The van der Waals surface area contributed by atoms with Crippen LogP contribution in [0, 0.1) is 13.8 Å². The van der Waals surface area contributed by atoms with Gasteiger partial charge in [-0.15, -0.1) is 0 Å². The van der Waals surface area contributed by atoms with Crippen molar-refractivity contribution in [1.29, 1.82) is 0 Å². The van der Waals surface area contributed by atoms with E-state index in [2.05, 4.69) is 18.8 Å². The molecule has 1 aromatic heterocycles. The Labute approximate surface area is 165 Å². The van der Waals surface area contributed by atoms with E-state index in [0.717, 1.165) is 6.42 Å². The number of carbonyl (C=O) groups is 3. The van der Waals surface area contributed by atoms with E-state index in [9.17, 15) is 14.4 Å². The van der Waals surface area contributed by atoms with Gasteiger partial charge in [-0.1, -0.05) is 38.1 Å². The van der Waals surface area contributed by atoms with Crippen LogP contribution in [0.15, 0.2) is 24.3 Å². The van der Waals surface area contributed by atoms with E-state index in [1.54, 1.807) is 32.9 Å². The van der Waals surface area contributed by atoms with Crippen molar-refractivity contribution in [2.24, 2.45) is 0 Å². The maximum Gasteiger partial charge on any atom is 0.355 e. The molecule has 1 aromatic carbocycles. The molecule has 2 aromatic rings. The fourth-order valence-corrected chi connectivity index (χ4v) is 2.98. The lowest BCUT2D eigenvalue weighted by Crippen LogP contribution is -2.15. The number of Topliss-reactive ketones (excluding diaryl/α,β-unsaturated/α-hetero) is 1. The lowest BCUT2D eigenvalue weighted by atomic mass is 9.97. The van der Waals surface area contributed by atoms with Gasteiger partial charge in [0.1, 0.15) is 5.69 Å². The van der Waals surface area contributed by atoms with Gasteiger partial charge in [0, 0.05) is 11.3 Å². The summed E-state index contributed by atoms with van der Waals surface area (Å²) in [6.45, 7) is 9.13. The highest BCUT2D eigenvalue weighted by molar-refractivity contribution is 6.01. The first kappa shape index (κ1) is 21.4. The number of ether oxygens (including phenoxy) is 2. The lowest BCUT2D eigenvalue weighted by molar-refractivity contribution is 0.0473. The number of aromatic nitrogens is 1. The predicted octanol–water partition coefficient (Wildman–Crippen LogP) is 4.36. The number of rotatable bonds is 8. The van der Waals surface area contributed by atoms with Crippen molar-refractivity contribution in [2.45, 2.75) is 47.0 Å². The Kier molecular flexibility index (Phi) is 7.15. The third-order valence-electron chi connectivity index (χ3n) is 4.87. The van der Waals surface area contributed by atoms with Crippen molar-refractivity contribution in [1.82, 2.24) is 4.98 Å². The van der Waals surface area contributed by atoms with Crippen molar-refractivity contribution in [3.63, 3.8) is 0 Å². The molecule has 1 N–H and O–H groups in total. The van der Waals surface area contributed by atoms with Gasteiger partial charge in [-0.2, -0.15) is 0 Å². The van der Waals surface area contributed by atoms with Gasteiger partial charge in [-0.05, 0) is 44.2 Å². The number of nitrogens with one attached hydrogen (secondary N) is 1. The van der Waals surface area contributed by atoms with Crippen molar-refractivity contribution in [2.75, 3.05) is 13.2 Å². The second kappa shape index (κ2) is 9.35. The maximum absolute atomic E-state index is 12.5. The number of aryl methyl sites for hydroxylation is 1. The minimum absolute atomic E-state index is 0.221. The number of esters is 2. The third kappa shape index (κ3) is 4.68. The summed E-state index contributed by atoms with van der Waals surface area (Å²) in [4.78, 5) is 39.6. The van der Waals surface area contributed by atoms with Gasteiger partial charge >= 0.3 is 11.9 Å². The van der Waals surface area contributed by atoms with Crippen molar-refractivity contribution in [3.05, 3.63) is 57.9 Å². The molecule has 0 aliphatic heterocycles. The molecule has 0 saturated carbocycles. The minimum Gasteiger partial charge on any atom is -0.461 e. The van der Waals surface area contributed by atoms with Crippen LogP contribution in [0.5, 0.6) is 0 Å². The van der Waals surface area contributed by atoms with E-state index in [4.69, 9.17) is 9.47 Å². The Morgan fingerprint density at radius 2 is 1.64 bits per heavy atom. The van der Waals surface area contributed by atoms with Crippen molar-refractivity contribution >= 4 is 17.7 Å². The van der Waals surface area contributed by atoms with Crippen LogP contribution in [-0.2, 0) is 9.47 Å². The van der Waals surface area contributed by atoms with Crippen molar-refractivity contribution in [3.8, 4) is 0 Å². The first-order valence-corrected chi connectivity index (χ1v) is 9.46. The second-order valence-electron chi connectivity index (χ2n) is 6.78. The largest absolute Gasteiger partial charge is 0.461 e. The average molecular weight is 385 g/mol. The molecule has 6 nitrogen and oxygen atoms in total. The monoisotopic (exact) mass is 385 g/mol. The molecular weight excluding hydrogens is 358 g/mol. The van der Waals surface area contributed by atoms with Gasteiger partial charge in [0.2, 0.25) is 0 Å². The molecule has 1 atom stereocenters. The molecule has 0 aliphatic carbocycles. The molecule has 6 heteroatoms. The van der Waals surface area contributed by atoms with Crippen LogP contribution < -0.4 is 0 Å². The number of carbonyl (C=O) groups excluding carboxylic acids is 3. The normalized spacial score (nSPS) is 11.8. The summed E-state index contributed by atoms with van der Waals surface area (Å²) in [6, 6.07) is 7.36. The molecule has 0 saturated heterocycles. The predicted molar refractivity (Wildman–Crippen MR) is 106 cm³/mol. The van der Waals surface area contributed by atoms with E-state index in [1.165, 1.54) is 5.56 Å². The zero-order valence-electron chi connectivity index (χ0n) is 17.0. The van der Waals surface area contributed by atoms with E-state index in [1.807, 2.05) is 12.1 Å². The molecule has 0 unspecified atom stereocenters. The summed E-state index contributed by atoms with van der Waals surface area (Å²) in [6.07, 6.45) is 1.02. The highest BCUT2D eigenvalue weighted by atomic mass is 16.5. The van der Waals surface area contributed by atoms with E-state index >= 15 is 0 Å². The van der Waals surface area contributed by atoms with Gasteiger partial charge in [-0.25, -0.2) is 9.59 Å². The van der Waals surface area contributed by atoms with E-state index in [-0.39, 0.29) is 30.3 Å².